The zero-order valence-electron chi connectivity index (χ0n) is 20.4. The highest BCUT2D eigenvalue weighted by molar-refractivity contribution is 5.83. The summed E-state index contributed by atoms with van der Waals surface area (Å²) < 4.78 is 20.4. The highest BCUT2D eigenvalue weighted by atomic mass is 19.1. The number of carbonyl (C=O) groups excluding carboxylic acids is 1. The first-order valence-electron chi connectivity index (χ1n) is 12.5. The van der Waals surface area contributed by atoms with Gasteiger partial charge in [0.1, 0.15) is 11.9 Å². The van der Waals surface area contributed by atoms with Crippen LogP contribution in [0.25, 0.3) is 11.5 Å². The maximum Gasteiger partial charge on any atom is 0.258 e. The van der Waals surface area contributed by atoms with E-state index in [4.69, 9.17) is 4.52 Å². The number of nitrogens with zero attached hydrogens (tertiary/aromatic N) is 5. The number of carbonyl (C=O) groups is 1. The van der Waals surface area contributed by atoms with E-state index in [1.54, 1.807) is 6.07 Å². The highest BCUT2D eigenvalue weighted by Crippen LogP contribution is 2.30. The third-order valence-corrected chi connectivity index (χ3v) is 6.94. The second-order valence-electron chi connectivity index (χ2n) is 9.65. The van der Waals surface area contributed by atoms with Crippen LogP contribution in [-0.2, 0) is 4.79 Å². The smallest absolute Gasteiger partial charge is 0.258 e. The van der Waals surface area contributed by atoms with E-state index < -0.39 is 0 Å². The van der Waals surface area contributed by atoms with Crippen LogP contribution >= 0.6 is 0 Å². The number of anilines is 1. The predicted octanol–water partition coefficient (Wildman–Crippen LogP) is 4.48. The molecule has 3 aromatic rings. The fraction of sp³-hybridized carbons (Fsp3) is 0.444. The van der Waals surface area contributed by atoms with E-state index >= 15 is 4.39 Å². The molecule has 35 heavy (non-hydrogen) atoms. The first kappa shape index (κ1) is 23.5. The summed E-state index contributed by atoms with van der Waals surface area (Å²) in [6.45, 7) is 8.29. The number of likely N-dealkylation sites (tertiary alicyclic amines) is 1. The van der Waals surface area contributed by atoms with Gasteiger partial charge in [0.25, 0.3) is 5.89 Å². The predicted molar refractivity (Wildman–Crippen MR) is 133 cm³/mol. The molecule has 2 aromatic carbocycles. The van der Waals surface area contributed by atoms with Crippen molar-refractivity contribution in [3.05, 3.63) is 65.7 Å². The van der Waals surface area contributed by atoms with Crippen molar-refractivity contribution in [2.75, 3.05) is 44.2 Å². The maximum absolute atomic E-state index is 15.1. The molecule has 2 fully saturated rings. The van der Waals surface area contributed by atoms with E-state index in [1.807, 2.05) is 60.0 Å². The van der Waals surface area contributed by atoms with Gasteiger partial charge in [-0.1, -0.05) is 49.3 Å². The SMILES string of the molecule is CC(C)c1noc(-c2ccc(N3CCN(C(C(=O)N4CCCC4)c4ccccc4)CC3)c(F)c2)n1. The molecule has 0 bridgehead atoms. The molecule has 0 spiro atoms. The number of aromatic nitrogens is 2. The molecule has 7 nitrogen and oxygen atoms in total. The molecular weight excluding hydrogens is 445 g/mol. The molecular formula is C27H32FN5O2. The van der Waals surface area contributed by atoms with Gasteiger partial charge >= 0.3 is 0 Å². The largest absolute Gasteiger partial charge is 0.367 e. The molecule has 0 saturated carbocycles. The van der Waals surface area contributed by atoms with Gasteiger partial charge in [-0.15, -0.1) is 0 Å². The van der Waals surface area contributed by atoms with Crippen molar-refractivity contribution < 1.29 is 13.7 Å². The number of hydrogen-bond acceptors (Lipinski definition) is 6. The molecule has 5 rings (SSSR count). The Morgan fingerprint density at radius 3 is 2.31 bits per heavy atom. The van der Waals surface area contributed by atoms with Gasteiger partial charge in [0.05, 0.1) is 5.69 Å². The van der Waals surface area contributed by atoms with Crippen LogP contribution in [0.15, 0.2) is 53.1 Å². The first-order chi connectivity index (χ1) is 17.0. The van der Waals surface area contributed by atoms with Crippen LogP contribution in [0.3, 0.4) is 0 Å². The second-order valence-corrected chi connectivity index (χ2v) is 9.65. The number of halogens is 1. The minimum Gasteiger partial charge on any atom is -0.367 e. The van der Waals surface area contributed by atoms with E-state index in [1.165, 1.54) is 6.07 Å². The molecule has 0 radical (unpaired) electrons. The topological polar surface area (TPSA) is 65.7 Å². The minimum absolute atomic E-state index is 0.143. The van der Waals surface area contributed by atoms with Crippen molar-refractivity contribution in [2.45, 2.75) is 38.6 Å². The molecule has 184 valence electrons. The van der Waals surface area contributed by atoms with E-state index in [9.17, 15) is 4.79 Å². The van der Waals surface area contributed by atoms with Gasteiger partial charge in [-0.25, -0.2) is 4.39 Å². The summed E-state index contributed by atoms with van der Waals surface area (Å²) in [6, 6.07) is 14.8. The number of amides is 1. The number of benzene rings is 2. The summed E-state index contributed by atoms with van der Waals surface area (Å²) in [7, 11) is 0. The summed E-state index contributed by atoms with van der Waals surface area (Å²) in [4.78, 5) is 24.1. The zero-order chi connectivity index (χ0) is 24.4. The molecule has 1 unspecified atom stereocenters. The summed E-state index contributed by atoms with van der Waals surface area (Å²) in [5, 5.41) is 3.97. The summed E-state index contributed by atoms with van der Waals surface area (Å²) in [5.41, 5.74) is 2.15. The first-order valence-corrected chi connectivity index (χ1v) is 12.5. The van der Waals surface area contributed by atoms with Gasteiger partial charge < -0.3 is 14.3 Å². The monoisotopic (exact) mass is 477 g/mol. The standard InChI is InChI=1S/C27H32FN5O2/c1-19(2)25-29-26(35-30-25)21-10-11-23(22(28)18-21)31-14-16-32(17-15-31)24(20-8-4-3-5-9-20)27(34)33-12-6-7-13-33/h3-5,8-11,18-19,24H,6-7,12-17H2,1-2H3. The molecule has 1 atom stereocenters. The molecule has 8 heteroatoms. The number of piperazine rings is 1. The lowest BCUT2D eigenvalue weighted by Crippen LogP contribution is -2.51. The molecule has 1 aromatic heterocycles. The molecule has 2 aliphatic rings. The van der Waals surface area contributed by atoms with Crippen LogP contribution < -0.4 is 4.90 Å². The van der Waals surface area contributed by atoms with E-state index in [2.05, 4.69) is 15.0 Å². The zero-order valence-corrected chi connectivity index (χ0v) is 20.4. The van der Waals surface area contributed by atoms with Gasteiger partial charge in [-0.2, -0.15) is 4.98 Å². The van der Waals surface area contributed by atoms with Gasteiger partial charge in [0.15, 0.2) is 5.82 Å². The second kappa shape index (κ2) is 10.2. The molecule has 0 N–H and O–H groups in total. The average molecular weight is 478 g/mol. The quantitative estimate of drug-likeness (QED) is 0.521. The van der Waals surface area contributed by atoms with E-state index in [-0.39, 0.29) is 23.7 Å². The van der Waals surface area contributed by atoms with Crippen molar-refractivity contribution >= 4 is 11.6 Å². The van der Waals surface area contributed by atoms with E-state index in [0.29, 0.717) is 49.1 Å². The van der Waals surface area contributed by atoms with Crippen LogP contribution in [0, 0.1) is 5.82 Å². The Morgan fingerprint density at radius 1 is 0.971 bits per heavy atom. The fourth-order valence-electron chi connectivity index (χ4n) is 4.96. The van der Waals surface area contributed by atoms with Crippen molar-refractivity contribution in [3.63, 3.8) is 0 Å². The van der Waals surface area contributed by atoms with Crippen LogP contribution in [0.4, 0.5) is 10.1 Å². The fourth-order valence-corrected chi connectivity index (χ4v) is 4.96. The highest BCUT2D eigenvalue weighted by Gasteiger charge is 2.34. The third-order valence-electron chi connectivity index (χ3n) is 6.94. The van der Waals surface area contributed by atoms with Crippen LogP contribution in [0.5, 0.6) is 0 Å². The van der Waals surface area contributed by atoms with Crippen LogP contribution in [-0.4, -0.2) is 65.1 Å². The van der Waals surface area contributed by atoms with Gasteiger partial charge in [-0.05, 0) is 36.6 Å². The van der Waals surface area contributed by atoms with Crippen LogP contribution in [0.1, 0.15) is 50.0 Å². The van der Waals surface area contributed by atoms with Crippen molar-refractivity contribution in [3.8, 4) is 11.5 Å². The summed E-state index contributed by atoms with van der Waals surface area (Å²) in [5.74, 6) is 0.947. The van der Waals surface area contributed by atoms with E-state index in [0.717, 1.165) is 31.5 Å². The Hall–Kier alpha value is -3.26. The minimum atomic E-state index is -0.312. The Bertz CT molecular complexity index is 1150. The number of rotatable bonds is 6. The molecule has 2 aliphatic heterocycles. The Balaban J connectivity index is 1.30. The Labute approximate surface area is 205 Å². The Morgan fingerprint density at radius 2 is 1.69 bits per heavy atom. The van der Waals surface area contributed by atoms with Gasteiger partial charge in [-0.3, -0.25) is 9.69 Å². The van der Waals surface area contributed by atoms with Crippen molar-refractivity contribution in [1.29, 1.82) is 0 Å². The van der Waals surface area contributed by atoms with Crippen molar-refractivity contribution in [1.82, 2.24) is 19.9 Å². The maximum atomic E-state index is 15.1. The van der Waals surface area contributed by atoms with Crippen molar-refractivity contribution in [2.24, 2.45) is 0 Å². The lowest BCUT2D eigenvalue weighted by atomic mass is 10.0. The summed E-state index contributed by atoms with van der Waals surface area (Å²) in [6.07, 6.45) is 2.14. The molecule has 0 aliphatic carbocycles. The normalized spacial score (nSPS) is 17.8. The molecule has 1 amide bonds. The van der Waals surface area contributed by atoms with Gasteiger partial charge in [0, 0.05) is 50.7 Å². The molecule has 3 heterocycles. The Kier molecular flexibility index (Phi) is 6.81. The van der Waals surface area contributed by atoms with Gasteiger partial charge in [0.2, 0.25) is 5.91 Å². The summed E-state index contributed by atoms with van der Waals surface area (Å²) >= 11 is 0. The lowest BCUT2D eigenvalue weighted by molar-refractivity contribution is -0.136. The average Bonchev–Trinajstić information content (AvgIpc) is 3.58. The van der Waals surface area contributed by atoms with Crippen LogP contribution in [0.2, 0.25) is 0 Å². The number of hydrogen-bond donors (Lipinski definition) is 0. The molecule has 2 saturated heterocycles. The third kappa shape index (κ3) is 4.93. The lowest BCUT2D eigenvalue weighted by Gasteiger charge is -2.40.